The van der Waals surface area contributed by atoms with Crippen LogP contribution in [0.3, 0.4) is 0 Å². The quantitative estimate of drug-likeness (QED) is 0.673. The highest BCUT2D eigenvalue weighted by molar-refractivity contribution is 5.78. The largest absolute Gasteiger partial charge is 0.493 e. The first kappa shape index (κ1) is 16.1. The lowest BCUT2D eigenvalue weighted by Gasteiger charge is -2.35. The summed E-state index contributed by atoms with van der Waals surface area (Å²) in [6.07, 6.45) is 0.703. The maximum Gasteiger partial charge on any atom is 0.334 e. The van der Waals surface area contributed by atoms with E-state index in [9.17, 15) is 9.90 Å². The first-order valence-corrected chi connectivity index (χ1v) is 7.79. The predicted octanol–water partition coefficient (Wildman–Crippen LogP) is 1.84. The molecular formula is C17H22O6. The molecule has 1 aliphatic heterocycles. The maximum absolute atomic E-state index is 12.3. The number of methoxy groups -OCH3 is 2. The van der Waals surface area contributed by atoms with Gasteiger partial charge in [0, 0.05) is 0 Å². The fourth-order valence-corrected chi connectivity index (χ4v) is 3.79. The van der Waals surface area contributed by atoms with Crippen molar-refractivity contribution in [3.63, 3.8) is 0 Å². The van der Waals surface area contributed by atoms with Crippen molar-refractivity contribution in [2.75, 3.05) is 20.8 Å². The summed E-state index contributed by atoms with van der Waals surface area (Å²) in [6.45, 7) is 3.97. The van der Waals surface area contributed by atoms with Crippen LogP contribution in [0.15, 0.2) is 12.1 Å². The van der Waals surface area contributed by atoms with Crippen LogP contribution in [-0.2, 0) is 20.7 Å². The van der Waals surface area contributed by atoms with E-state index < -0.39 is 23.8 Å². The topological polar surface area (TPSA) is 74.2 Å². The minimum absolute atomic E-state index is 0.0348. The zero-order valence-electron chi connectivity index (χ0n) is 13.8. The molecule has 1 aromatic rings. The van der Waals surface area contributed by atoms with E-state index in [4.69, 9.17) is 18.9 Å². The monoisotopic (exact) mass is 322 g/mol. The highest BCUT2D eigenvalue weighted by atomic mass is 16.8. The SMILES string of the molecule is CCO[C@]1(O)OC(=O)[C@@H]2[C@@H](C)Cc3cc(OC)c(OC)cc3[C@@H]21. The Morgan fingerprint density at radius 3 is 2.57 bits per heavy atom. The Bertz CT molecular complexity index is 628. The van der Waals surface area contributed by atoms with Gasteiger partial charge < -0.3 is 24.1 Å². The molecule has 23 heavy (non-hydrogen) atoms. The van der Waals surface area contributed by atoms with Crippen LogP contribution in [0.25, 0.3) is 0 Å². The molecule has 1 aromatic carbocycles. The van der Waals surface area contributed by atoms with Crippen molar-refractivity contribution >= 4 is 5.97 Å². The minimum atomic E-state index is -1.93. The highest BCUT2D eigenvalue weighted by Gasteiger charge is 2.60. The van der Waals surface area contributed by atoms with E-state index in [-0.39, 0.29) is 12.5 Å². The Hall–Kier alpha value is -1.79. The number of hydrogen-bond acceptors (Lipinski definition) is 6. The van der Waals surface area contributed by atoms with Crippen LogP contribution >= 0.6 is 0 Å². The second kappa shape index (κ2) is 5.69. The standard InChI is InChI=1S/C17H22O6/c1-5-22-17(19)15-11-8-13(21-4)12(20-3)7-10(11)6-9(2)14(15)16(18)23-17/h7-9,14-15,19H,5-6H2,1-4H3/t9-,14+,15-,17-/m0/s1. The van der Waals surface area contributed by atoms with Gasteiger partial charge in [-0.2, -0.15) is 0 Å². The smallest absolute Gasteiger partial charge is 0.334 e. The highest BCUT2D eigenvalue weighted by Crippen LogP contribution is 2.53. The summed E-state index contributed by atoms with van der Waals surface area (Å²) < 4.78 is 21.3. The summed E-state index contributed by atoms with van der Waals surface area (Å²) >= 11 is 0. The van der Waals surface area contributed by atoms with Gasteiger partial charge in [-0.15, -0.1) is 0 Å². The van der Waals surface area contributed by atoms with Crippen LogP contribution in [0.2, 0.25) is 0 Å². The Labute approximate surface area is 135 Å². The molecule has 6 heteroatoms. The van der Waals surface area contributed by atoms with Crippen molar-refractivity contribution in [1.82, 2.24) is 0 Å². The third kappa shape index (κ3) is 2.37. The molecule has 126 valence electrons. The van der Waals surface area contributed by atoms with Crippen molar-refractivity contribution in [1.29, 1.82) is 0 Å². The molecule has 0 unspecified atom stereocenters. The number of esters is 1. The second-order valence-electron chi connectivity index (χ2n) is 6.08. The molecule has 4 atom stereocenters. The Morgan fingerprint density at radius 1 is 1.30 bits per heavy atom. The van der Waals surface area contributed by atoms with E-state index in [0.717, 1.165) is 11.1 Å². The van der Waals surface area contributed by atoms with E-state index in [1.807, 2.05) is 19.1 Å². The Morgan fingerprint density at radius 2 is 1.96 bits per heavy atom. The number of cyclic esters (lactones) is 1. The van der Waals surface area contributed by atoms with E-state index in [1.54, 1.807) is 21.1 Å². The van der Waals surface area contributed by atoms with Crippen LogP contribution in [0.4, 0.5) is 0 Å². The number of fused-ring (bicyclic) bond motifs is 3. The first-order valence-electron chi connectivity index (χ1n) is 7.79. The summed E-state index contributed by atoms with van der Waals surface area (Å²) in [5, 5.41) is 10.8. The lowest BCUT2D eigenvalue weighted by Crippen LogP contribution is -2.41. The molecule has 0 radical (unpaired) electrons. The number of ether oxygens (including phenoxy) is 4. The van der Waals surface area contributed by atoms with Gasteiger partial charge in [-0.05, 0) is 42.5 Å². The van der Waals surface area contributed by atoms with Gasteiger partial charge in [0.1, 0.15) is 0 Å². The van der Waals surface area contributed by atoms with Gasteiger partial charge in [0.25, 0.3) is 0 Å². The Balaban J connectivity index is 2.16. The molecule has 1 N–H and O–H groups in total. The molecule has 1 saturated heterocycles. The van der Waals surface area contributed by atoms with Crippen LogP contribution in [-0.4, -0.2) is 37.9 Å². The van der Waals surface area contributed by atoms with Crippen molar-refractivity contribution in [3.8, 4) is 11.5 Å². The number of rotatable bonds is 4. The summed E-state index contributed by atoms with van der Waals surface area (Å²) in [6, 6.07) is 3.71. The van der Waals surface area contributed by atoms with Gasteiger partial charge in [-0.1, -0.05) is 6.92 Å². The lowest BCUT2D eigenvalue weighted by atomic mass is 9.69. The van der Waals surface area contributed by atoms with Crippen molar-refractivity contribution in [2.24, 2.45) is 11.8 Å². The van der Waals surface area contributed by atoms with Gasteiger partial charge in [0.2, 0.25) is 0 Å². The van der Waals surface area contributed by atoms with E-state index >= 15 is 0 Å². The average Bonchev–Trinajstić information content (AvgIpc) is 2.78. The molecular weight excluding hydrogens is 300 g/mol. The van der Waals surface area contributed by atoms with Crippen LogP contribution in [0, 0.1) is 11.8 Å². The van der Waals surface area contributed by atoms with Crippen molar-refractivity contribution in [2.45, 2.75) is 32.2 Å². The predicted molar refractivity (Wildman–Crippen MR) is 81.3 cm³/mol. The normalized spacial score (nSPS) is 32.0. The van der Waals surface area contributed by atoms with E-state index in [1.165, 1.54) is 0 Å². The van der Waals surface area contributed by atoms with Gasteiger partial charge in [-0.25, -0.2) is 0 Å². The van der Waals surface area contributed by atoms with Crippen molar-refractivity contribution in [3.05, 3.63) is 23.3 Å². The van der Waals surface area contributed by atoms with E-state index in [0.29, 0.717) is 17.9 Å². The summed E-state index contributed by atoms with van der Waals surface area (Å²) in [7, 11) is 3.14. The maximum atomic E-state index is 12.3. The molecule has 0 bridgehead atoms. The third-order valence-electron chi connectivity index (χ3n) is 4.76. The molecule has 0 amide bonds. The average molecular weight is 322 g/mol. The lowest BCUT2D eigenvalue weighted by molar-refractivity contribution is -0.334. The second-order valence-corrected chi connectivity index (χ2v) is 6.08. The number of aliphatic hydroxyl groups is 1. The first-order chi connectivity index (χ1) is 10.9. The fraction of sp³-hybridized carbons (Fsp3) is 0.588. The molecule has 6 nitrogen and oxygen atoms in total. The third-order valence-corrected chi connectivity index (χ3v) is 4.76. The molecule has 0 aromatic heterocycles. The van der Waals surface area contributed by atoms with E-state index in [2.05, 4.69) is 0 Å². The molecule has 3 rings (SSSR count). The van der Waals surface area contributed by atoms with Crippen LogP contribution in [0.1, 0.15) is 30.9 Å². The number of benzene rings is 1. The number of carbonyl (C=O) groups is 1. The summed E-state index contributed by atoms with van der Waals surface area (Å²) in [4.78, 5) is 12.3. The summed E-state index contributed by atoms with van der Waals surface area (Å²) in [5.41, 5.74) is 1.82. The number of hydrogen-bond donors (Lipinski definition) is 1. The van der Waals surface area contributed by atoms with Gasteiger partial charge in [0.05, 0.1) is 32.7 Å². The molecule has 2 aliphatic rings. The number of carbonyl (C=O) groups excluding carboxylic acids is 1. The molecule has 1 aliphatic carbocycles. The fourth-order valence-electron chi connectivity index (χ4n) is 3.79. The molecule has 0 spiro atoms. The van der Waals surface area contributed by atoms with Gasteiger partial charge in [0.15, 0.2) is 11.5 Å². The minimum Gasteiger partial charge on any atom is -0.493 e. The van der Waals surface area contributed by atoms with Crippen LogP contribution < -0.4 is 9.47 Å². The van der Waals surface area contributed by atoms with Gasteiger partial charge in [-0.3, -0.25) is 4.79 Å². The summed E-state index contributed by atoms with van der Waals surface area (Å²) in [5.74, 6) is -2.14. The molecule has 1 fully saturated rings. The zero-order chi connectivity index (χ0) is 16.8. The van der Waals surface area contributed by atoms with Crippen LogP contribution in [0.5, 0.6) is 11.5 Å². The zero-order valence-corrected chi connectivity index (χ0v) is 13.8. The van der Waals surface area contributed by atoms with Gasteiger partial charge >= 0.3 is 11.9 Å². The van der Waals surface area contributed by atoms with Crippen molar-refractivity contribution < 1.29 is 28.8 Å². The molecule has 0 saturated carbocycles. The Kier molecular flexibility index (Phi) is 3.98. The molecule has 1 heterocycles.